The fraction of sp³-hybridized carbons (Fsp3) is 0.786. The second-order valence-electron chi connectivity index (χ2n) is 5.62. The highest BCUT2D eigenvalue weighted by atomic mass is 32.1. The minimum atomic E-state index is -0.669. The van der Waals surface area contributed by atoms with Gasteiger partial charge in [-0.3, -0.25) is 0 Å². The van der Waals surface area contributed by atoms with Crippen LogP contribution < -0.4 is 5.32 Å². The summed E-state index contributed by atoms with van der Waals surface area (Å²) in [5.41, 5.74) is -0.232. The molecule has 0 saturated heterocycles. The van der Waals surface area contributed by atoms with Crippen molar-refractivity contribution in [3.05, 3.63) is 16.6 Å². The van der Waals surface area contributed by atoms with Crippen LogP contribution in [0, 0.1) is 5.41 Å². The van der Waals surface area contributed by atoms with Crippen molar-refractivity contribution >= 4 is 11.3 Å². The Morgan fingerprint density at radius 2 is 2.14 bits per heavy atom. The molecule has 7 heteroatoms. The number of aromatic nitrogens is 1. The molecule has 3 atom stereocenters. The lowest BCUT2D eigenvalue weighted by molar-refractivity contribution is 0.0111. The standard InChI is InChI=1S/C14H24N2O4S/c1-19-3-4-20-10-14(6-11(17)12(18)7-14)9-15-8-13-16-2-5-21-13/h2,5,11-12,15,17-18H,3-4,6-10H2,1H3/t11-,12+,14?. The molecular weight excluding hydrogens is 292 g/mol. The Labute approximate surface area is 129 Å². The molecule has 1 heterocycles. The third-order valence-corrected chi connectivity index (χ3v) is 4.61. The van der Waals surface area contributed by atoms with Gasteiger partial charge in [-0.15, -0.1) is 11.3 Å². The van der Waals surface area contributed by atoms with Gasteiger partial charge in [0.15, 0.2) is 0 Å². The maximum atomic E-state index is 9.85. The molecule has 1 aliphatic rings. The molecule has 3 N–H and O–H groups in total. The largest absolute Gasteiger partial charge is 0.390 e. The predicted octanol–water partition coefficient (Wildman–Crippen LogP) is 0.398. The number of rotatable bonds is 9. The van der Waals surface area contributed by atoms with E-state index in [1.165, 1.54) is 0 Å². The molecule has 21 heavy (non-hydrogen) atoms. The minimum Gasteiger partial charge on any atom is -0.390 e. The van der Waals surface area contributed by atoms with E-state index >= 15 is 0 Å². The number of hydrogen-bond acceptors (Lipinski definition) is 7. The highest BCUT2D eigenvalue weighted by Crippen LogP contribution is 2.38. The number of aliphatic hydroxyl groups excluding tert-OH is 2. The maximum absolute atomic E-state index is 9.85. The first-order chi connectivity index (χ1) is 10.2. The summed E-state index contributed by atoms with van der Waals surface area (Å²) in [7, 11) is 1.64. The Balaban J connectivity index is 1.83. The molecule has 0 bridgehead atoms. The average molecular weight is 316 g/mol. The van der Waals surface area contributed by atoms with Gasteiger partial charge in [0.2, 0.25) is 0 Å². The van der Waals surface area contributed by atoms with Crippen LogP contribution >= 0.6 is 11.3 Å². The first-order valence-corrected chi connectivity index (χ1v) is 8.05. The Hall–Kier alpha value is -0.570. The summed E-state index contributed by atoms with van der Waals surface area (Å²) in [6, 6.07) is 0. The van der Waals surface area contributed by atoms with E-state index < -0.39 is 12.2 Å². The lowest BCUT2D eigenvalue weighted by atomic mass is 9.86. The number of thiazole rings is 1. The zero-order valence-electron chi connectivity index (χ0n) is 12.3. The number of aliphatic hydroxyl groups is 2. The predicted molar refractivity (Wildman–Crippen MR) is 80.2 cm³/mol. The SMILES string of the molecule is COCCOCC1(CNCc2nccs2)C[C@@H](O)[C@@H](O)C1. The third-order valence-electron chi connectivity index (χ3n) is 3.83. The number of nitrogens with one attached hydrogen (secondary N) is 1. The third kappa shape index (κ3) is 4.98. The molecule has 120 valence electrons. The van der Waals surface area contributed by atoms with Crippen LogP contribution in [0.1, 0.15) is 17.8 Å². The molecule has 0 amide bonds. The number of nitrogens with zero attached hydrogens (tertiary/aromatic N) is 1. The Bertz CT molecular complexity index is 392. The molecular formula is C14H24N2O4S. The smallest absolute Gasteiger partial charge is 0.106 e. The van der Waals surface area contributed by atoms with Crippen LogP contribution in [0.2, 0.25) is 0 Å². The van der Waals surface area contributed by atoms with Gasteiger partial charge in [0.05, 0.1) is 32.0 Å². The Morgan fingerprint density at radius 1 is 1.38 bits per heavy atom. The summed E-state index contributed by atoms with van der Waals surface area (Å²) in [6.07, 6.45) is 1.54. The fourth-order valence-electron chi connectivity index (χ4n) is 2.76. The van der Waals surface area contributed by atoms with Crippen molar-refractivity contribution in [2.24, 2.45) is 5.41 Å². The van der Waals surface area contributed by atoms with E-state index in [1.54, 1.807) is 24.6 Å². The molecule has 1 aromatic rings. The van der Waals surface area contributed by atoms with E-state index in [4.69, 9.17) is 9.47 Å². The molecule has 2 rings (SSSR count). The van der Waals surface area contributed by atoms with Gasteiger partial charge in [-0.25, -0.2) is 4.98 Å². The van der Waals surface area contributed by atoms with Gasteiger partial charge in [-0.2, -0.15) is 0 Å². The van der Waals surface area contributed by atoms with Crippen molar-refractivity contribution in [1.29, 1.82) is 0 Å². The van der Waals surface area contributed by atoms with E-state index in [0.29, 0.717) is 45.8 Å². The molecule has 0 spiro atoms. The lowest BCUT2D eigenvalue weighted by Crippen LogP contribution is -2.37. The first-order valence-electron chi connectivity index (χ1n) is 7.17. The van der Waals surface area contributed by atoms with Crippen molar-refractivity contribution in [1.82, 2.24) is 10.3 Å². The average Bonchev–Trinajstić information content (AvgIpc) is 3.05. The second-order valence-corrected chi connectivity index (χ2v) is 6.60. The summed E-state index contributed by atoms with van der Waals surface area (Å²) in [5.74, 6) is 0. The molecule has 1 saturated carbocycles. The van der Waals surface area contributed by atoms with E-state index in [0.717, 1.165) is 5.01 Å². The number of methoxy groups -OCH3 is 1. The van der Waals surface area contributed by atoms with Crippen LogP contribution in [-0.2, 0) is 16.0 Å². The van der Waals surface area contributed by atoms with E-state index in [-0.39, 0.29) is 5.41 Å². The van der Waals surface area contributed by atoms with Crippen LogP contribution in [0.3, 0.4) is 0 Å². The maximum Gasteiger partial charge on any atom is 0.106 e. The summed E-state index contributed by atoms with van der Waals surface area (Å²) < 4.78 is 10.6. The quantitative estimate of drug-likeness (QED) is 0.572. The molecule has 1 aromatic heterocycles. The van der Waals surface area contributed by atoms with Crippen LogP contribution in [-0.4, -0.2) is 60.9 Å². The molecule has 1 aliphatic carbocycles. The van der Waals surface area contributed by atoms with Gasteiger partial charge >= 0.3 is 0 Å². The van der Waals surface area contributed by atoms with Gasteiger partial charge in [0, 0.05) is 37.2 Å². The highest BCUT2D eigenvalue weighted by Gasteiger charge is 2.44. The molecule has 6 nitrogen and oxygen atoms in total. The van der Waals surface area contributed by atoms with Gasteiger partial charge in [0.25, 0.3) is 0 Å². The normalized spacial score (nSPS) is 29.1. The van der Waals surface area contributed by atoms with Crippen LogP contribution in [0.4, 0.5) is 0 Å². The van der Waals surface area contributed by atoms with E-state index in [9.17, 15) is 10.2 Å². The zero-order chi connectivity index (χ0) is 15.1. The van der Waals surface area contributed by atoms with Crippen molar-refractivity contribution < 1.29 is 19.7 Å². The van der Waals surface area contributed by atoms with Gasteiger partial charge in [0.1, 0.15) is 5.01 Å². The molecule has 1 unspecified atom stereocenters. The van der Waals surface area contributed by atoms with Crippen LogP contribution in [0.25, 0.3) is 0 Å². The topological polar surface area (TPSA) is 83.8 Å². The number of hydrogen-bond donors (Lipinski definition) is 3. The minimum absolute atomic E-state index is 0.232. The summed E-state index contributed by atoms with van der Waals surface area (Å²) in [5, 5.41) is 26.0. The monoisotopic (exact) mass is 316 g/mol. The summed E-state index contributed by atoms with van der Waals surface area (Å²) in [4.78, 5) is 4.23. The Kier molecular flexibility index (Phi) is 6.53. The highest BCUT2D eigenvalue weighted by molar-refractivity contribution is 7.09. The van der Waals surface area contributed by atoms with Crippen molar-refractivity contribution in [3.63, 3.8) is 0 Å². The van der Waals surface area contributed by atoms with Crippen LogP contribution in [0.15, 0.2) is 11.6 Å². The molecule has 0 aliphatic heterocycles. The van der Waals surface area contributed by atoms with Gasteiger partial charge in [-0.1, -0.05) is 0 Å². The molecule has 1 fully saturated rings. The van der Waals surface area contributed by atoms with Gasteiger partial charge < -0.3 is 25.0 Å². The summed E-state index contributed by atoms with van der Waals surface area (Å²) >= 11 is 1.61. The fourth-order valence-corrected chi connectivity index (χ4v) is 3.35. The van der Waals surface area contributed by atoms with Crippen molar-refractivity contribution in [2.45, 2.75) is 31.6 Å². The number of ether oxygens (including phenoxy) is 2. The van der Waals surface area contributed by atoms with Gasteiger partial charge in [-0.05, 0) is 12.8 Å². The first kappa shape index (κ1) is 16.8. The lowest BCUT2D eigenvalue weighted by Gasteiger charge is -2.29. The van der Waals surface area contributed by atoms with Crippen molar-refractivity contribution in [3.8, 4) is 0 Å². The summed E-state index contributed by atoms with van der Waals surface area (Å²) in [6.45, 7) is 2.97. The Morgan fingerprint density at radius 3 is 2.76 bits per heavy atom. The van der Waals surface area contributed by atoms with E-state index in [2.05, 4.69) is 10.3 Å². The second kappa shape index (κ2) is 8.17. The zero-order valence-corrected chi connectivity index (χ0v) is 13.1. The van der Waals surface area contributed by atoms with Crippen molar-refractivity contribution in [2.75, 3.05) is 33.5 Å². The molecule has 0 radical (unpaired) electrons. The van der Waals surface area contributed by atoms with E-state index in [1.807, 2.05) is 5.38 Å². The molecule has 0 aromatic carbocycles. The van der Waals surface area contributed by atoms with Crippen LogP contribution in [0.5, 0.6) is 0 Å².